The summed E-state index contributed by atoms with van der Waals surface area (Å²) in [6.07, 6.45) is 1.46. The Morgan fingerprint density at radius 2 is 1.74 bits per heavy atom. The molecule has 0 aliphatic carbocycles. The summed E-state index contributed by atoms with van der Waals surface area (Å²) in [6, 6.07) is 0. The van der Waals surface area contributed by atoms with Crippen molar-refractivity contribution in [2.75, 3.05) is 26.2 Å². The van der Waals surface area contributed by atoms with Gasteiger partial charge in [-0.2, -0.15) is 4.31 Å². The molecule has 134 valence electrons. The van der Waals surface area contributed by atoms with E-state index in [1.54, 1.807) is 4.90 Å². The van der Waals surface area contributed by atoms with E-state index in [4.69, 9.17) is 4.74 Å². The highest BCUT2D eigenvalue weighted by molar-refractivity contribution is 14.2. The van der Waals surface area contributed by atoms with Gasteiger partial charge in [-0.05, 0) is 39.0 Å². The van der Waals surface area contributed by atoms with Gasteiger partial charge in [0.1, 0.15) is 5.60 Å². The van der Waals surface area contributed by atoms with Crippen LogP contribution in [0.15, 0.2) is 0 Å². The van der Waals surface area contributed by atoms with Crippen molar-refractivity contribution in [1.82, 2.24) is 9.21 Å². The molecule has 0 atom stereocenters. The lowest BCUT2D eigenvalue weighted by atomic mass is 9.68. The maximum Gasteiger partial charge on any atom is 0.410 e. The third-order valence-corrected chi connectivity index (χ3v) is 6.91. The van der Waals surface area contributed by atoms with Gasteiger partial charge >= 0.3 is 6.09 Å². The summed E-state index contributed by atoms with van der Waals surface area (Å²) in [6.45, 7) is 12.2. The molecule has 0 unspecified atom stereocenters. The maximum atomic E-state index is 12.4. The molecule has 2 fully saturated rings. The molecule has 1 amide bonds. The number of likely N-dealkylation sites (tertiary alicyclic amines) is 1. The van der Waals surface area contributed by atoms with Crippen molar-refractivity contribution in [3.8, 4) is 0 Å². The number of hydrogen-bond acceptors (Lipinski definition) is 4. The fourth-order valence-electron chi connectivity index (χ4n) is 3.74. The third-order valence-electron chi connectivity index (χ3n) is 4.37. The summed E-state index contributed by atoms with van der Waals surface area (Å²) in [7, 11) is -3.15. The van der Waals surface area contributed by atoms with Crippen LogP contribution in [0.2, 0.25) is 0 Å². The molecule has 0 aromatic rings. The zero-order valence-electron chi connectivity index (χ0n) is 14.6. The highest BCUT2D eigenvalue weighted by atomic mass is 127. The first-order valence-corrected chi connectivity index (χ1v) is 11.9. The molecular weight excluding hydrogens is 431 g/mol. The minimum atomic E-state index is -3.15. The fourth-order valence-corrected chi connectivity index (χ4v) is 5.43. The van der Waals surface area contributed by atoms with Gasteiger partial charge in [-0.25, -0.2) is 13.2 Å². The summed E-state index contributed by atoms with van der Waals surface area (Å²) in [4.78, 5) is 14.2. The topological polar surface area (TPSA) is 66.9 Å². The van der Waals surface area contributed by atoms with Gasteiger partial charge in [0, 0.05) is 31.6 Å². The predicted molar refractivity (Wildman–Crippen MR) is 97.8 cm³/mol. The first-order valence-electron chi connectivity index (χ1n) is 7.89. The summed E-state index contributed by atoms with van der Waals surface area (Å²) in [5.41, 5.74) is -0.583. The van der Waals surface area contributed by atoms with E-state index in [9.17, 15) is 13.2 Å². The Labute approximate surface area is 151 Å². The average Bonchev–Trinajstić information content (AvgIpc) is 2.39. The van der Waals surface area contributed by atoms with Gasteiger partial charge in [0.05, 0.1) is 21.2 Å². The minimum absolute atomic E-state index is 0.0154. The number of halogens is 1. The van der Waals surface area contributed by atoms with Gasteiger partial charge in [0.15, 0.2) is 0 Å². The van der Waals surface area contributed by atoms with Crippen LogP contribution in [0, 0.1) is 10.8 Å². The number of nitrogens with zero attached hydrogens (tertiary/aromatic N) is 2. The van der Waals surface area contributed by atoms with Crippen LogP contribution >= 0.6 is 21.2 Å². The Morgan fingerprint density at radius 1 is 1.17 bits per heavy atom. The zero-order chi connectivity index (χ0) is 17.7. The molecule has 8 heteroatoms. The molecule has 0 N–H and O–H groups in total. The molecule has 0 aromatic carbocycles. The normalized spacial score (nSPS) is 24.9. The number of carbonyl (C=O) groups excluding carboxylic acids is 1. The van der Waals surface area contributed by atoms with Crippen LogP contribution in [0.5, 0.6) is 0 Å². The van der Waals surface area contributed by atoms with E-state index in [0.29, 0.717) is 26.2 Å². The molecular formula is C15H27IN2O4S. The molecule has 2 aliphatic heterocycles. The number of ether oxygens (including phenoxy) is 1. The summed E-state index contributed by atoms with van der Waals surface area (Å²) in [5, 5.41) is 0. The van der Waals surface area contributed by atoms with Crippen molar-refractivity contribution in [1.29, 1.82) is 0 Å². The first-order chi connectivity index (χ1) is 10.2. The van der Waals surface area contributed by atoms with Crippen LogP contribution in [-0.4, -0.2) is 55.5 Å². The second kappa shape index (κ2) is 6.01. The van der Waals surface area contributed by atoms with Gasteiger partial charge in [-0.3, -0.25) is 0 Å². The third kappa shape index (κ3) is 4.94. The van der Waals surface area contributed by atoms with E-state index < -0.39 is 12.8 Å². The number of rotatable bonds is 1. The molecule has 1 spiro atoms. The highest BCUT2D eigenvalue weighted by Crippen LogP contribution is 2.48. The number of amides is 1. The molecule has 0 radical (unpaired) electrons. The minimum Gasteiger partial charge on any atom is -0.444 e. The van der Waals surface area contributed by atoms with Gasteiger partial charge in [0.25, 0.3) is 7.19 Å². The molecule has 0 saturated carbocycles. The zero-order valence-corrected chi connectivity index (χ0v) is 17.5. The number of carbonyl (C=O) groups is 1. The second-order valence-electron chi connectivity index (χ2n) is 8.70. The molecule has 0 aromatic heterocycles. The predicted octanol–water partition coefficient (Wildman–Crippen LogP) is 3.03. The Balaban J connectivity index is 2.08. The Hall–Kier alpha value is -0.0900. The van der Waals surface area contributed by atoms with E-state index in [1.807, 2.05) is 20.8 Å². The number of hydrogen-bond donors (Lipinski definition) is 0. The lowest BCUT2D eigenvalue weighted by Gasteiger charge is -2.50. The Morgan fingerprint density at radius 3 is 2.22 bits per heavy atom. The second-order valence-corrected chi connectivity index (χ2v) is 13.4. The van der Waals surface area contributed by atoms with Gasteiger partial charge < -0.3 is 9.64 Å². The largest absolute Gasteiger partial charge is 0.444 e. The summed E-state index contributed by atoms with van der Waals surface area (Å²) < 4.78 is 30.3. The molecule has 2 heterocycles. The monoisotopic (exact) mass is 458 g/mol. The first kappa shape index (κ1) is 19.2. The standard InChI is InChI=1S/C15H27IN2O4S/c1-13(2,3)22-12(19)17-7-6-15(8-14(4,5)9-17)10-18(11-15)23(16,20)21/h6-11H2,1-5H3. The van der Waals surface area contributed by atoms with Crippen LogP contribution in [0.4, 0.5) is 4.79 Å². The molecule has 2 aliphatic rings. The lowest BCUT2D eigenvalue weighted by Crippen LogP contribution is -2.58. The van der Waals surface area contributed by atoms with Crippen molar-refractivity contribution in [2.45, 2.75) is 53.1 Å². The fraction of sp³-hybridized carbons (Fsp3) is 0.933. The SMILES string of the molecule is CC1(C)CN(C(=O)OC(C)(C)C)CCC2(CN(S(=O)(=O)I)C2)C1. The molecule has 23 heavy (non-hydrogen) atoms. The summed E-state index contributed by atoms with van der Waals surface area (Å²) in [5.74, 6) is 0. The Kier molecular flexibility index (Phi) is 5.03. The molecule has 0 bridgehead atoms. The Bertz CT molecular complexity index is 577. The quantitative estimate of drug-likeness (QED) is 0.448. The van der Waals surface area contributed by atoms with E-state index >= 15 is 0 Å². The van der Waals surface area contributed by atoms with Crippen molar-refractivity contribution >= 4 is 34.5 Å². The summed E-state index contributed by atoms with van der Waals surface area (Å²) >= 11 is 1.49. The molecule has 2 rings (SSSR count). The van der Waals surface area contributed by atoms with E-state index in [0.717, 1.165) is 12.8 Å². The lowest BCUT2D eigenvalue weighted by molar-refractivity contribution is 0.0200. The average molecular weight is 458 g/mol. The van der Waals surface area contributed by atoms with Crippen LogP contribution in [0.1, 0.15) is 47.5 Å². The van der Waals surface area contributed by atoms with Crippen molar-refractivity contribution in [3.63, 3.8) is 0 Å². The molecule has 2 saturated heterocycles. The molecule has 6 nitrogen and oxygen atoms in total. The van der Waals surface area contributed by atoms with Gasteiger partial charge in [0.2, 0.25) is 0 Å². The van der Waals surface area contributed by atoms with Crippen molar-refractivity contribution < 1.29 is 17.9 Å². The van der Waals surface area contributed by atoms with Crippen molar-refractivity contribution in [3.05, 3.63) is 0 Å². The van der Waals surface area contributed by atoms with Crippen molar-refractivity contribution in [2.24, 2.45) is 10.8 Å². The van der Waals surface area contributed by atoms with Gasteiger partial charge in [-0.15, -0.1) is 0 Å². The van der Waals surface area contributed by atoms with E-state index in [2.05, 4.69) is 13.8 Å². The van der Waals surface area contributed by atoms with E-state index in [1.165, 1.54) is 25.5 Å². The highest BCUT2D eigenvalue weighted by Gasteiger charge is 2.51. The maximum absolute atomic E-state index is 12.4. The van der Waals surface area contributed by atoms with Crippen LogP contribution < -0.4 is 0 Å². The smallest absolute Gasteiger partial charge is 0.410 e. The van der Waals surface area contributed by atoms with Crippen LogP contribution in [-0.2, 0) is 11.9 Å². The van der Waals surface area contributed by atoms with E-state index in [-0.39, 0.29) is 16.9 Å². The van der Waals surface area contributed by atoms with Crippen LogP contribution in [0.3, 0.4) is 0 Å². The van der Waals surface area contributed by atoms with Gasteiger partial charge in [-0.1, -0.05) is 13.8 Å². The van der Waals surface area contributed by atoms with Crippen LogP contribution in [0.25, 0.3) is 0 Å².